The van der Waals surface area contributed by atoms with Gasteiger partial charge in [0.2, 0.25) is 0 Å². The molecule has 1 N–H and O–H groups in total. The van der Waals surface area contributed by atoms with Crippen molar-refractivity contribution in [2.45, 2.75) is 15.2 Å². The van der Waals surface area contributed by atoms with Crippen molar-refractivity contribution in [3.63, 3.8) is 0 Å². The van der Waals surface area contributed by atoms with Crippen LogP contribution in [0.5, 0.6) is 0 Å². The lowest BCUT2D eigenvalue weighted by Crippen LogP contribution is -2.40. The Labute approximate surface area is 149 Å². The smallest absolute Gasteiger partial charge is 0.150 e. The SMILES string of the molecule is O=S(c1ccccc1)C(Cl)C(O)(c1ccccc1)c1ccccc1. The molecule has 24 heavy (non-hydrogen) atoms. The molecule has 3 rings (SSSR count). The summed E-state index contributed by atoms with van der Waals surface area (Å²) in [5, 5.41) is 11.5. The maximum atomic E-state index is 13.0. The van der Waals surface area contributed by atoms with Gasteiger partial charge in [0.25, 0.3) is 0 Å². The predicted octanol–water partition coefficient (Wildman–Crippen LogP) is 4.30. The molecule has 0 fully saturated rings. The highest BCUT2D eigenvalue weighted by molar-refractivity contribution is 7.87. The van der Waals surface area contributed by atoms with Crippen LogP contribution in [0.3, 0.4) is 0 Å². The summed E-state index contributed by atoms with van der Waals surface area (Å²) < 4.78 is 11.9. The number of benzene rings is 3. The Morgan fingerprint density at radius 3 is 1.54 bits per heavy atom. The van der Waals surface area contributed by atoms with Crippen molar-refractivity contribution in [1.29, 1.82) is 0 Å². The van der Waals surface area contributed by atoms with Gasteiger partial charge < -0.3 is 5.11 Å². The second-order valence-electron chi connectivity index (χ2n) is 5.42. The van der Waals surface area contributed by atoms with Crippen LogP contribution in [0.25, 0.3) is 0 Å². The quantitative estimate of drug-likeness (QED) is 0.692. The zero-order chi connectivity index (χ0) is 17.0. The van der Waals surface area contributed by atoms with E-state index in [4.69, 9.17) is 11.6 Å². The first-order valence-electron chi connectivity index (χ1n) is 7.57. The first kappa shape index (κ1) is 16.9. The van der Waals surface area contributed by atoms with Crippen LogP contribution in [-0.4, -0.2) is 14.0 Å². The molecule has 0 radical (unpaired) electrons. The van der Waals surface area contributed by atoms with Crippen LogP contribution < -0.4 is 0 Å². The normalized spacial score (nSPS) is 14.1. The Hall–Kier alpha value is -1.94. The number of hydrogen-bond donors (Lipinski definition) is 1. The summed E-state index contributed by atoms with van der Waals surface area (Å²) in [6, 6.07) is 27.2. The lowest BCUT2D eigenvalue weighted by molar-refractivity contribution is 0.0962. The van der Waals surface area contributed by atoms with E-state index in [2.05, 4.69) is 0 Å². The molecule has 0 aliphatic carbocycles. The Bertz CT molecular complexity index is 767. The average molecular weight is 357 g/mol. The summed E-state index contributed by atoms with van der Waals surface area (Å²) in [5.41, 5.74) is -0.342. The van der Waals surface area contributed by atoms with Gasteiger partial charge in [-0.1, -0.05) is 78.9 Å². The van der Waals surface area contributed by atoms with E-state index in [1.807, 2.05) is 42.5 Å². The fourth-order valence-corrected chi connectivity index (χ4v) is 4.45. The van der Waals surface area contributed by atoms with Gasteiger partial charge in [0.05, 0.1) is 10.8 Å². The molecule has 0 spiro atoms. The molecule has 0 saturated carbocycles. The fourth-order valence-electron chi connectivity index (χ4n) is 2.64. The lowest BCUT2D eigenvalue weighted by atomic mass is 9.88. The predicted molar refractivity (Wildman–Crippen MR) is 98.4 cm³/mol. The van der Waals surface area contributed by atoms with Gasteiger partial charge in [0, 0.05) is 4.90 Å². The second-order valence-corrected chi connectivity index (χ2v) is 7.66. The van der Waals surface area contributed by atoms with Gasteiger partial charge in [0.15, 0.2) is 4.71 Å². The van der Waals surface area contributed by atoms with Crippen molar-refractivity contribution < 1.29 is 9.32 Å². The summed E-state index contributed by atoms with van der Waals surface area (Å²) in [6.45, 7) is 0. The summed E-state index contributed by atoms with van der Waals surface area (Å²) in [4.78, 5) is 0.586. The van der Waals surface area contributed by atoms with Crippen molar-refractivity contribution in [2.24, 2.45) is 0 Å². The molecule has 0 aromatic heterocycles. The van der Waals surface area contributed by atoms with Crippen LogP contribution in [-0.2, 0) is 16.4 Å². The van der Waals surface area contributed by atoms with Crippen molar-refractivity contribution in [3.8, 4) is 0 Å². The summed E-state index contributed by atoms with van der Waals surface area (Å²) in [7, 11) is -1.58. The maximum absolute atomic E-state index is 13.0. The van der Waals surface area contributed by atoms with Crippen LogP contribution in [0.2, 0.25) is 0 Å². The third-order valence-electron chi connectivity index (χ3n) is 3.92. The molecule has 2 atom stereocenters. The molecule has 2 nitrogen and oxygen atoms in total. The monoisotopic (exact) mass is 356 g/mol. The van der Waals surface area contributed by atoms with E-state index in [0.717, 1.165) is 0 Å². The Balaban J connectivity index is 2.10. The molecule has 0 amide bonds. The maximum Gasteiger partial charge on any atom is 0.150 e. The van der Waals surface area contributed by atoms with Gasteiger partial charge >= 0.3 is 0 Å². The summed E-state index contributed by atoms with van der Waals surface area (Å²) in [5.74, 6) is 0. The van der Waals surface area contributed by atoms with E-state index in [-0.39, 0.29) is 0 Å². The highest BCUT2D eigenvalue weighted by atomic mass is 35.5. The second kappa shape index (κ2) is 7.31. The highest BCUT2D eigenvalue weighted by Crippen LogP contribution is 2.39. The minimum atomic E-state index is -1.58. The van der Waals surface area contributed by atoms with Crippen LogP contribution in [0.15, 0.2) is 95.9 Å². The lowest BCUT2D eigenvalue weighted by Gasteiger charge is -2.33. The standard InChI is InChI=1S/C20H17ClO2S/c21-19(24(23)18-14-8-3-9-15-18)20(22,16-10-4-1-5-11-16)17-12-6-2-7-13-17/h1-15,19,22H. The molecule has 0 aliphatic rings. The van der Waals surface area contributed by atoms with Crippen LogP contribution >= 0.6 is 11.6 Å². The summed E-state index contributed by atoms with van der Waals surface area (Å²) in [6.07, 6.45) is 0. The molecule has 0 heterocycles. The van der Waals surface area contributed by atoms with Crippen LogP contribution in [0.1, 0.15) is 11.1 Å². The van der Waals surface area contributed by atoms with Crippen LogP contribution in [0.4, 0.5) is 0 Å². The molecule has 3 aromatic carbocycles. The average Bonchev–Trinajstić information content (AvgIpc) is 2.68. The van der Waals surface area contributed by atoms with E-state index in [0.29, 0.717) is 16.0 Å². The minimum absolute atomic E-state index is 0.586. The minimum Gasteiger partial charge on any atom is -0.378 e. The molecular weight excluding hydrogens is 340 g/mol. The first-order chi connectivity index (χ1) is 11.6. The van der Waals surface area contributed by atoms with Crippen molar-refractivity contribution in [1.82, 2.24) is 0 Å². The fraction of sp³-hybridized carbons (Fsp3) is 0.100. The van der Waals surface area contributed by atoms with Crippen molar-refractivity contribution in [3.05, 3.63) is 102 Å². The van der Waals surface area contributed by atoms with E-state index in [1.54, 1.807) is 48.5 Å². The third kappa shape index (κ3) is 3.16. The number of halogens is 1. The van der Waals surface area contributed by atoms with E-state index < -0.39 is 21.1 Å². The highest BCUT2D eigenvalue weighted by Gasteiger charge is 2.43. The molecule has 122 valence electrons. The van der Waals surface area contributed by atoms with E-state index in [1.165, 1.54) is 0 Å². The van der Waals surface area contributed by atoms with Gasteiger partial charge in [-0.25, -0.2) is 0 Å². The molecular formula is C20H17ClO2S. The first-order valence-corrected chi connectivity index (χ1v) is 9.22. The van der Waals surface area contributed by atoms with Gasteiger partial charge in [-0.2, -0.15) is 0 Å². The Kier molecular flexibility index (Phi) is 5.14. The molecule has 4 heteroatoms. The molecule has 2 unspecified atom stereocenters. The van der Waals surface area contributed by atoms with Crippen molar-refractivity contribution in [2.75, 3.05) is 0 Å². The zero-order valence-corrected chi connectivity index (χ0v) is 14.5. The Morgan fingerprint density at radius 2 is 1.12 bits per heavy atom. The van der Waals surface area contributed by atoms with Crippen LogP contribution in [0, 0.1) is 0 Å². The number of alkyl halides is 1. The van der Waals surface area contributed by atoms with E-state index in [9.17, 15) is 9.32 Å². The zero-order valence-electron chi connectivity index (χ0n) is 12.9. The molecule has 0 aliphatic heterocycles. The van der Waals surface area contributed by atoms with E-state index >= 15 is 0 Å². The van der Waals surface area contributed by atoms with Gasteiger partial charge in [-0.15, -0.1) is 11.6 Å². The van der Waals surface area contributed by atoms with Crippen molar-refractivity contribution >= 4 is 22.4 Å². The molecule has 3 aromatic rings. The molecule has 0 saturated heterocycles. The largest absolute Gasteiger partial charge is 0.378 e. The number of hydrogen-bond acceptors (Lipinski definition) is 2. The van der Waals surface area contributed by atoms with Gasteiger partial charge in [0.1, 0.15) is 5.60 Å². The summed E-state index contributed by atoms with van der Waals surface area (Å²) >= 11 is 6.59. The number of rotatable bonds is 5. The van der Waals surface area contributed by atoms with Gasteiger partial charge in [-0.05, 0) is 23.3 Å². The topological polar surface area (TPSA) is 37.3 Å². The van der Waals surface area contributed by atoms with Gasteiger partial charge in [-0.3, -0.25) is 4.21 Å². The Morgan fingerprint density at radius 1 is 0.750 bits per heavy atom. The molecule has 0 bridgehead atoms. The number of aliphatic hydroxyl groups is 1. The third-order valence-corrected chi connectivity index (χ3v) is 6.17.